The Morgan fingerprint density at radius 1 is 1.11 bits per heavy atom. The first-order valence-electron chi connectivity index (χ1n) is 9.04. The Morgan fingerprint density at radius 3 is 2.00 bits per heavy atom. The lowest BCUT2D eigenvalue weighted by Gasteiger charge is -2.41. The van der Waals surface area contributed by atoms with Crippen molar-refractivity contribution in [3.8, 4) is 0 Å². The maximum Gasteiger partial charge on any atom is 0.342 e. The number of nitrogens with zero attached hydrogens (tertiary/aromatic N) is 1. The SMILES string of the molecule is CCOC(=O)C1(C(=O)OCC)N(S(C)(=O)=O)[C@@H](c2ccccc2)C[C@@]1(C)OC. The summed E-state index contributed by atoms with van der Waals surface area (Å²) >= 11 is 0. The normalized spacial score (nSPS) is 24.7. The van der Waals surface area contributed by atoms with Gasteiger partial charge in [0.2, 0.25) is 10.0 Å². The van der Waals surface area contributed by atoms with E-state index in [0.717, 1.165) is 10.6 Å². The Morgan fingerprint density at radius 2 is 1.61 bits per heavy atom. The van der Waals surface area contributed by atoms with Crippen LogP contribution in [0.4, 0.5) is 0 Å². The van der Waals surface area contributed by atoms with Crippen LogP contribution in [0.5, 0.6) is 0 Å². The molecule has 1 saturated heterocycles. The van der Waals surface area contributed by atoms with E-state index in [1.54, 1.807) is 44.2 Å². The number of benzene rings is 1. The third kappa shape index (κ3) is 3.42. The van der Waals surface area contributed by atoms with E-state index < -0.39 is 39.1 Å². The summed E-state index contributed by atoms with van der Waals surface area (Å²) in [6.07, 6.45) is 1.02. The van der Waals surface area contributed by atoms with Crippen LogP contribution in [0.2, 0.25) is 0 Å². The van der Waals surface area contributed by atoms with Gasteiger partial charge >= 0.3 is 11.9 Å². The first-order valence-corrected chi connectivity index (χ1v) is 10.9. The molecule has 1 aliphatic rings. The first-order chi connectivity index (χ1) is 13.1. The highest BCUT2D eigenvalue weighted by Gasteiger charge is 2.75. The molecule has 0 amide bonds. The van der Waals surface area contributed by atoms with Crippen molar-refractivity contribution in [2.24, 2.45) is 0 Å². The predicted molar refractivity (Wildman–Crippen MR) is 102 cm³/mol. The number of sulfonamides is 1. The van der Waals surface area contributed by atoms with Gasteiger partial charge in [-0.3, -0.25) is 0 Å². The summed E-state index contributed by atoms with van der Waals surface area (Å²) < 4.78 is 42.7. The van der Waals surface area contributed by atoms with Gasteiger partial charge in [-0.2, -0.15) is 4.31 Å². The molecule has 0 N–H and O–H groups in total. The Hall–Kier alpha value is -1.97. The highest BCUT2D eigenvalue weighted by atomic mass is 32.2. The van der Waals surface area contributed by atoms with Crippen LogP contribution in [0.15, 0.2) is 30.3 Å². The van der Waals surface area contributed by atoms with Crippen molar-refractivity contribution < 1.29 is 32.2 Å². The molecular weight excluding hydrogens is 386 g/mol. The molecule has 0 saturated carbocycles. The Labute approximate surface area is 165 Å². The van der Waals surface area contributed by atoms with E-state index in [1.807, 2.05) is 0 Å². The van der Waals surface area contributed by atoms with Crippen molar-refractivity contribution in [1.29, 1.82) is 0 Å². The van der Waals surface area contributed by atoms with Gasteiger partial charge in [-0.25, -0.2) is 18.0 Å². The highest BCUT2D eigenvalue weighted by Crippen LogP contribution is 2.53. The summed E-state index contributed by atoms with van der Waals surface area (Å²) in [5.41, 5.74) is -3.18. The third-order valence-electron chi connectivity index (χ3n) is 5.10. The Balaban J connectivity index is 2.85. The summed E-state index contributed by atoms with van der Waals surface area (Å²) in [4.78, 5) is 26.4. The van der Waals surface area contributed by atoms with E-state index in [-0.39, 0.29) is 19.6 Å². The standard InChI is InChI=1S/C19H27NO7S/c1-6-26-16(21)19(17(22)27-7-2)18(3,25-4)13-15(20(19)28(5,23)24)14-11-9-8-10-12-14/h8-12,15H,6-7,13H2,1-5H3/t15-,18-/m1/s1. The molecule has 0 spiro atoms. The van der Waals surface area contributed by atoms with Gasteiger partial charge < -0.3 is 14.2 Å². The van der Waals surface area contributed by atoms with Crippen molar-refractivity contribution in [2.45, 2.75) is 44.4 Å². The summed E-state index contributed by atoms with van der Waals surface area (Å²) in [5, 5.41) is 0. The first kappa shape index (κ1) is 22.3. The fourth-order valence-electron chi connectivity index (χ4n) is 3.87. The molecule has 0 aromatic heterocycles. The van der Waals surface area contributed by atoms with Crippen LogP contribution < -0.4 is 0 Å². The highest BCUT2D eigenvalue weighted by molar-refractivity contribution is 7.88. The van der Waals surface area contributed by atoms with Crippen LogP contribution in [0.1, 0.15) is 38.8 Å². The van der Waals surface area contributed by atoms with Crippen molar-refractivity contribution in [2.75, 3.05) is 26.6 Å². The number of esters is 2. The van der Waals surface area contributed by atoms with Gasteiger partial charge in [0.05, 0.1) is 25.5 Å². The van der Waals surface area contributed by atoms with E-state index in [2.05, 4.69) is 0 Å². The van der Waals surface area contributed by atoms with Crippen LogP contribution in [0, 0.1) is 0 Å². The molecule has 28 heavy (non-hydrogen) atoms. The zero-order chi connectivity index (χ0) is 21.2. The van der Waals surface area contributed by atoms with Crippen LogP contribution >= 0.6 is 0 Å². The zero-order valence-corrected chi connectivity index (χ0v) is 17.6. The van der Waals surface area contributed by atoms with Gasteiger partial charge in [-0.05, 0) is 32.8 Å². The second kappa shape index (κ2) is 8.18. The van der Waals surface area contributed by atoms with Gasteiger partial charge in [0.15, 0.2) is 0 Å². The smallest absolute Gasteiger partial charge is 0.342 e. The number of hydrogen-bond acceptors (Lipinski definition) is 7. The topological polar surface area (TPSA) is 99.2 Å². The van der Waals surface area contributed by atoms with Crippen molar-refractivity contribution in [1.82, 2.24) is 4.31 Å². The molecule has 0 unspecified atom stereocenters. The maximum atomic E-state index is 13.2. The largest absolute Gasteiger partial charge is 0.464 e. The summed E-state index contributed by atoms with van der Waals surface area (Å²) in [7, 11) is -2.73. The summed E-state index contributed by atoms with van der Waals surface area (Å²) in [6, 6.07) is 7.98. The van der Waals surface area contributed by atoms with E-state index in [1.165, 1.54) is 14.0 Å². The number of carbonyl (C=O) groups is 2. The lowest BCUT2D eigenvalue weighted by atomic mass is 9.81. The van der Waals surface area contributed by atoms with E-state index in [0.29, 0.717) is 5.56 Å². The van der Waals surface area contributed by atoms with E-state index >= 15 is 0 Å². The minimum atomic E-state index is -4.06. The Kier molecular flexibility index (Phi) is 6.52. The minimum absolute atomic E-state index is 0.0343. The quantitative estimate of drug-likeness (QED) is 0.495. The van der Waals surface area contributed by atoms with Crippen molar-refractivity contribution in [3.63, 3.8) is 0 Å². The molecule has 1 heterocycles. The summed E-state index contributed by atoms with van der Waals surface area (Å²) in [6.45, 7) is 4.62. The lowest BCUT2D eigenvalue weighted by Crippen LogP contribution is -2.69. The average Bonchev–Trinajstić information content (AvgIpc) is 2.94. The second-order valence-corrected chi connectivity index (χ2v) is 8.64. The molecule has 1 aromatic rings. The van der Waals surface area contributed by atoms with Gasteiger partial charge in [-0.1, -0.05) is 30.3 Å². The molecule has 0 aliphatic carbocycles. The van der Waals surface area contributed by atoms with Gasteiger partial charge in [-0.15, -0.1) is 0 Å². The molecule has 1 aromatic carbocycles. The molecule has 9 heteroatoms. The molecule has 2 rings (SSSR count). The van der Waals surface area contributed by atoms with Crippen molar-refractivity contribution in [3.05, 3.63) is 35.9 Å². The van der Waals surface area contributed by atoms with E-state index in [9.17, 15) is 18.0 Å². The monoisotopic (exact) mass is 413 g/mol. The van der Waals surface area contributed by atoms with Crippen molar-refractivity contribution >= 4 is 22.0 Å². The van der Waals surface area contributed by atoms with Crippen LogP contribution in [-0.2, 0) is 33.8 Å². The number of ether oxygens (including phenoxy) is 3. The summed E-state index contributed by atoms with van der Waals surface area (Å²) in [5.74, 6) is -2.02. The van der Waals surface area contributed by atoms with Gasteiger partial charge in [0.25, 0.3) is 5.54 Å². The zero-order valence-electron chi connectivity index (χ0n) is 16.8. The molecule has 2 atom stereocenters. The minimum Gasteiger partial charge on any atom is -0.464 e. The molecule has 1 aliphatic heterocycles. The molecule has 0 radical (unpaired) electrons. The fraction of sp³-hybridized carbons (Fsp3) is 0.579. The van der Waals surface area contributed by atoms with Crippen LogP contribution in [0.3, 0.4) is 0 Å². The molecule has 0 bridgehead atoms. The number of carbonyl (C=O) groups excluding carboxylic acids is 2. The predicted octanol–water partition coefficient (Wildman–Crippen LogP) is 1.66. The van der Waals surface area contributed by atoms with Crippen LogP contribution in [0.25, 0.3) is 0 Å². The van der Waals surface area contributed by atoms with Gasteiger partial charge in [0, 0.05) is 7.11 Å². The molecular formula is C19H27NO7S. The number of hydrogen-bond donors (Lipinski definition) is 0. The second-order valence-electron chi connectivity index (χ2n) is 6.78. The Bertz CT molecular complexity index is 806. The number of rotatable bonds is 7. The molecule has 1 fully saturated rings. The molecule has 156 valence electrons. The van der Waals surface area contributed by atoms with Crippen LogP contribution in [-0.4, -0.2) is 62.4 Å². The van der Waals surface area contributed by atoms with E-state index in [4.69, 9.17) is 14.2 Å². The average molecular weight is 413 g/mol. The fourth-order valence-corrected chi connectivity index (χ4v) is 5.37. The third-order valence-corrected chi connectivity index (χ3v) is 6.34. The lowest BCUT2D eigenvalue weighted by molar-refractivity contribution is -0.185. The van der Waals surface area contributed by atoms with Gasteiger partial charge in [0.1, 0.15) is 5.60 Å². The number of methoxy groups -OCH3 is 1. The maximum absolute atomic E-state index is 13.2. The molecule has 8 nitrogen and oxygen atoms in total.